The van der Waals surface area contributed by atoms with Gasteiger partial charge in [-0.05, 0) is 31.5 Å². The molecule has 1 aromatic carbocycles. The SMILES string of the molecule is CCN(CCOC)C(=O)c1cccc(C#CCO)c1C. The summed E-state index contributed by atoms with van der Waals surface area (Å²) in [6.45, 7) is 5.35. The van der Waals surface area contributed by atoms with Crippen molar-refractivity contribution < 1.29 is 14.6 Å². The molecule has 0 spiro atoms. The number of aliphatic hydroxyl groups excluding tert-OH is 1. The highest BCUT2D eigenvalue weighted by atomic mass is 16.5. The van der Waals surface area contributed by atoms with Crippen molar-refractivity contribution in [3.63, 3.8) is 0 Å². The molecule has 0 unspecified atom stereocenters. The molecule has 0 saturated carbocycles. The summed E-state index contributed by atoms with van der Waals surface area (Å²) in [7, 11) is 1.62. The minimum Gasteiger partial charge on any atom is -0.384 e. The van der Waals surface area contributed by atoms with Crippen molar-refractivity contribution in [3.05, 3.63) is 34.9 Å². The lowest BCUT2D eigenvalue weighted by molar-refractivity contribution is 0.0705. The first-order valence-corrected chi connectivity index (χ1v) is 6.63. The number of hydrogen-bond acceptors (Lipinski definition) is 3. The molecule has 0 bridgehead atoms. The summed E-state index contributed by atoms with van der Waals surface area (Å²) in [5.41, 5.74) is 2.26. The van der Waals surface area contributed by atoms with Crippen LogP contribution in [-0.2, 0) is 4.74 Å². The zero-order valence-electron chi connectivity index (χ0n) is 12.3. The molecule has 20 heavy (non-hydrogen) atoms. The van der Waals surface area contributed by atoms with Crippen molar-refractivity contribution in [3.8, 4) is 11.8 Å². The Morgan fingerprint density at radius 3 is 2.80 bits per heavy atom. The average molecular weight is 275 g/mol. The Kier molecular flexibility index (Phi) is 6.78. The summed E-state index contributed by atoms with van der Waals surface area (Å²) in [5, 5.41) is 8.76. The molecule has 0 saturated heterocycles. The molecule has 0 atom stereocenters. The van der Waals surface area contributed by atoms with Crippen LogP contribution in [0, 0.1) is 18.8 Å². The molecule has 0 aliphatic rings. The second kappa shape index (κ2) is 8.36. The topological polar surface area (TPSA) is 49.8 Å². The van der Waals surface area contributed by atoms with Gasteiger partial charge in [0.15, 0.2) is 0 Å². The van der Waals surface area contributed by atoms with E-state index in [2.05, 4.69) is 11.8 Å². The number of rotatable bonds is 5. The van der Waals surface area contributed by atoms with E-state index < -0.39 is 0 Å². The molecule has 0 aromatic heterocycles. The predicted octanol–water partition coefficient (Wildman–Crippen LogP) is 1.45. The van der Waals surface area contributed by atoms with Crippen molar-refractivity contribution in [2.24, 2.45) is 0 Å². The van der Waals surface area contributed by atoms with Gasteiger partial charge in [-0.1, -0.05) is 17.9 Å². The third-order valence-corrected chi connectivity index (χ3v) is 3.10. The van der Waals surface area contributed by atoms with E-state index in [-0.39, 0.29) is 12.5 Å². The zero-order valence-corrected chi connectivity index (χ0v) is 12.3. The first-order chi connectivity index (χ1) is 9.65. The molecular formula is C16H21NO3. The quantitative estimate of drug-likeness (QED) is 0.827. The molecule has 1 aromatic rings. The number of benzene rings is 1. The van der Waals surface area contributed by atoms with Gasteiger partial charge in [0, 0.05) is 31.3 Å². The molecule has 0 fully saturated rings. The Balaban J connectivity index is 3.03. The lowest BCUT2D eigenvalue weighted by Gasteiger charge is -2.21. The van der Waals surface area contributed by atoms with Gasteiger partial charge in [0.25, 0.3) is 5.91 Å². The van der Waals surface area contributed by atoms with E-state index in [9.17, 15) is 4.79 Å². The maximum atomic E-state index is 12.5. The van der Waals surface area contributed by atoms with Crippen LogP contribution in [0.4, 0.5) is 0 Å². The summed E-state index contributed by atoms with van der Waals surface area (Å²) in [6, 6.07) is 5.46. The normalized spacial score (nSPS) is 9.80. The highest BCUT2D eigenvalue weighted by molar-refractivity contribution is 5.96. The van der Waals surface area contributed by atoms with Crippen LogP contribution in [0.15, 0.2) is 18.2 Å². The Bertz CT molecular complexity index is 514. The van der Waals surface area contributed by atoms with Crippen molar-refractivity contribution in [1.29, 1.82) is 0 Å². The van der Waals surface area contributed by atoms with Gasteiger partial charge in [0.1, 0.15) is 6.61 Å². The minimum atomic E-state index is -0.188. The first-order valence-electron chi connectivity index (χ1n) is 6.63. The maximum Gasteiger partial charge on any atom is 0.254 e. The molecule has 4 nitrogen and oxygen atoms in total. The monoisotopic (exact) mass is 275 g/mol. The molecule has 0 aliphatic carbocycles. The number of ether oxygens (including phenoxy) is 1. The fraction of sp³-hybridized carbons (Fsp3) is 0.438. The number of carbonyl (C=O) groups excluding carboxylic acids is 1. The van der Waals surface area contributed by atoms with E-state index in [1.165, 1.54) is 0 Å². The van der Waals surface area contributed by atoms with Crippen LogP contribution >= 0.6 is 0 Å². The molecule has 1 amide bonds. The highest BCUT2D eigenvalue weighted by Gasteiger charge is 2.16. The Morgan fingerprint density at radius 1 is 1.45 bits per heavy atom. The fourth-order valence-corrected chi connectivity index (χ4v) is 1.91. The number of nitrogens with zero attached hydrogens (tertiary/aromatic N) is 1. The molecule has 108 valence electrons. The maximum absolute atomic E-state index is 12.5. The third kappa shape index (κ3) is 4.09. The summed E-state index contributed by atoms with van der Waals surface area (Å²) < 4.78 is 5.02. The summed E-state index contributed by atoms with van der Waals surface area (Å²) in [6.07, 6.45) is 0. The molecular weight excluding hydrogens is 254 g/mol. The fourth-order valence-electron chi connectivity index (χ4n) is 1.91. The third-order valence-electron chi connectivity index (χ3n) is 3.10. The van der Waals surface area contributed by atoms with E-state index in [1.54, 1.807) is 18.1 Å². The van der Waals surface area contributed by atoms with Crippen LogP contribution in [-0.4, -0.2) is 49.3 Å². The van der Waals surface area contributed by atoms with Crippen LogP contribution in [0.1, 0.15) is 28.4 Å². The predicted molar refractivity (Wildman–Crippen MR) is 78.6 cm³/mol. The van der Waals surface area contributed by atoms with Crippen LogP contribution in [0.5, 0.6) is 0 Å². The van der Waals surface area contributed by atoms with Crippen LogP contribution < -0.4 is 0 Å². The second-order valence-electron chi connectivity index (χ2n) is 4.32. The van der Waals surface area contributed by atoms with Crippen LogP contribution in [0.2, 0.25) is 0 Å². The highest BCUT2D eigenvalue weighted by Crippen LogP contribution is 2.15. The smallest absolute Gasteiger partial charge is 0.254 e. The van der Waals surface area contributed by atoms with E-state index >= 15 is 0 Å². The van der Waals surface area contributed by atoms with Crippen molar-refractivity contribution >= 4 is 5.91 Å². The standard InChI is InChI=1S/C16H21NO3/c1-4-17(10-12-20-3)16(19)15-9-5-7-14(13(15)2)8-6-11-18/h5,7,9,18H,4,10-12H2,1-3H3. The van der Waals surface area contributed by atoms with Crippen molar-refractivity contribution in [2.75, 3.05) is 33.4 Å². The van der Waals surface area contributed by atoms with Gasteiger partial charge in [-0.3, -0.25) is 4.79 Å². The van der Waals surface area contributed by atoms with Crippen LogP contribution in [0.3, 0.4) is 0 Å². The molecule has 1 rings (SSSR count). The van der Waals surface area contributed by atoms with Crippen molar-refractivity contribution in [2.45, 2.75) is 13.8 Å². The molecule has 4 heteroatoms. The molecule has 0 radical (unpaired) electrons. The van der Waals surface area contributed by atoms with Gasteiger partial charge >= 0.3 is 0 Å². The summed E-state index contributed by atoms with van der Waals surface area (Å²) >= 11 is 0. The van der Waals surface area contributed by atoms with E-state index in [0.717, 1.165) is 11.1 Å². The minimum absolute atomic E-state index is 0.0188. The van der Waals surface area contributed by atoms with Gasteiger partial charge in [0.05, 0.1) is 6.61 Å². The molecule has 0 heterocycles. The number of carbonyl (C=O) groups is 1. The van der Waals surface area contributed by atoms with Gasteiger partial charge < -0.3 is 14.7 Å². The zero-order chi connectivity index (χ0) is 15.0. The first kappa shape index (κ1) is 16.2. The lowest BCUT2D eigenvalue weighted by atomic mass is 10.0. The largest absolute Gasteiger partial charge is 0.384 e. The Hall–Kier alpha value is -1.83. The van der Waals surface area contributed by atoms with Gasteiger partial charge in [-0.15, -0.1) is 0 Å². The summed E-state index contributed by atoms with van der Waals surface area (Å²) in [5.74, 6) is 5.45. The summed E-state index contributed by atoms with van der Waals surface area (Å²) in [4.78, 5) is 14.2. The van der Waals surface area contributed by atoms with Crippen LogP contribution in [0.25, 0.3) is 0 Å². The number of hydrogen-bond donors (Lipinski definition) is 1. The Morgan fingerprint density at radius 2 is 2.20 bits per heavy atom. The van der Waals surface area contributed by atoms with E-state index in [4.69, 9.17) is 9.84 Å². The number of likely N-dealkylation sites (N-methyl/N-ethyl adjacent to an activating group) is 1. The van der Waals surface area contributed by atoms with E-state index in [0.29, 0.717) is 25.3 Å². The van der Waals surface area contributed by atoms with Crippen molar-refractivity contribution in [1.82, 2.24) is 4.90 Å². The Labute approximate surface area is 120 Å². The number of methoxy groups -OCH3 is 1. The van der Waals surface area contributed by atoms with Gasteiger partial charge in [-0.25, -0.2) is 0 Å². The number of aliphatic hydroxyl groups is 1. The van der Waals surface area contributed by atoms with Gasteiger partial charge in [-0.2, -0.15) is 0 Å². The second-order valence-corrected chi connectivity index (χ2v) is 4.32. The molecule has 1 N–H and O–H groups in total. The van der Waals surface area contributed by atoms with E-state index in [1.807, 2.05) is 26.0 Å². The van der Waals surface area contributed by atoms with Gasteiger partial charge in [0.2, 0.25) is 0 Å². The number of amides is 1. The average Bonchev–Trinajstić information content (AvgIpc) is 2.46. The molecule has 0 aliphatic heterocycles. The lowest BCUT2D eigenvalue weighted by Crippen LogP contribution is -2.34.